The molecule has 1 saturated heterocycles. The van der Waals surface area contributed by atoms with Gasteiger partial charge in [-0.3, -0.25) is 14.5 Å². The Labute approximate surface area is 161 Å². The monoisotopic (exact) mass is 385 g/mol. The number of hydrogen-bond acceptors (Lipinski definition) is 6. The van der Waals surface area contributed by atoms with Crippen molar-refractivity contribution >= 4 is 29.0 Å². The lowest BCUT2D eigenvalue weighted by atomic mass is 10.2. The summed E-state index contributed by atoms with van der Waals surface area (Å²) < 4.78 is 10.9. The summed E-state index contributed by atoms with van der Waals surface area (Å²) in [5.74, 6) is 0.696. The Kier molecular flexibility index (Phi) is 6.03. The van der Waals surface area contributed by atoms with Gasteiger partial charge in [-0.05, 0) is 54.6 Å². The number of aromatic hydroxyl groups is 1. The van der Waals surface area contributed by atoms with E-state index in [0.29, 0.717) is 28.6 Å². The molecule has 0 atom stereocenters. The lowest BCUT2D eigenvalue weighted by molar-refractivity contribution is -0.123. The number of rotatable bonds is 7. The number of para-hydroxylation sites is 1. The van der Waals surface area contributed by atoms with Crippen molar-refractivity contribution in [3.63, 3.8) is 0 Å². The second-order valence-corrected chi connectivity index (χ2v) is 6.65. The summed E-state index contributed by atoms with van der Waals surface area (Å²) in [5, 5.41) is 9.43. The van der Waals surface area contributed by atoms with E-state index in [-0.39, 0.29) is 30.0 Å². The number of imide groups is 1. The van der Waals surface area contributed by atoms with Crippen LogP contribution in [0.1, 0.15) is 12.5 Å². The van der Waals surface area contributed by atoms with Crippen LogP contribution in [0.5, 0.6) is 17.2 Å². The van der Waals surface area contributed by atoms with Crippen molar-refractivity contribution in [3.8, 4) is 17.2 Å². The Balaban J connectivity index is 1.66. The van der Waals surface area contributed by atoms with E-state index < -0.39 is 0 Å². The zero-order chi connectivity index (χ0) is 19.2. The highest BCUT2D eigenvalue weighted by molar-refractivity contribution is 8.18. The minimum atomic E-state index is -0.354. The summed E-state index contributed by atoms with van der Waals surface area (Å²) in [7, 11) is 0. The van der Waals surface area contributed by atoms with Crippen LogP contribution in [-0.4, -0.2) is 40.9 Å². The molecule has 0 aromatic heterocycles. The highest BCUT2D eigenvalue weighted by Gasteiger charge is 2.34. The molecule has 2 aromatic rings. The molecule has 0 radical (unpaired) electrons. The summed E-state index contributed by atoms with van der Waals surface area (Å²) in [6.07, 6.45) is 1.62. The Hall–Kier alpha value is -2.93. The third-order valence-electron chi connectivity index (χ3n) is 3.78. The molecular weight excluding hydrogens is 366 g/mol. The molecule has 0 saturated carbocycles. The molecule has 2 aromatic carbocycles. The van der Waals surface area contributed by atoms with Gasteiger partial charge in [0.25, 0.3) is 11.1 Å². The van der Waals surface area contributed by atoms with Gasteiger partial charge in [-0.15, -0.1) is 0 Å². The zero-order valence-electron chi connectivity index (χ0n) is 14.8. The van der Waals surface area contributed by atoms with Crippen molar-refractivity contribution in [3.05, 3.63) is 59.0 Å². The maximum Gasteiger partial charge on any atom is 0.293 e. The van der Waals surface area contributed by atoms with Crippen LogP contribution in [0, 0.1) is 0 Å². The smallest absolute Gasteiger partial charge is 0.293 e. The molecule has 1 fully saturated rings. The summed E-state index contributed by atoms with van der Waals surface area (Å²) in [6, 6.07) is 14.0. The highest BCUT2D eigenvalue weighted by Crippen LogP contribution is 2.34. The van der Waals surface area contributed by atoms with Crippen molar-refractivity contribution in [1.82, 2.24) is 4.90 Å². The standard InChI is InChI=1S/C20H19NO5S/c1-2-25-17-12-14(8-9-16(17)22)13-18-19(23)21(20(24)27-18)10-11-26-15-6-4-3-5-7-15/h3-9,12-13,22H,2,10-11H2,1H3. The van der Waals surface area contributed by atoms with Gasteiger partial charge in [0.1, 0.15) is 12.4 Å². The largest absolute Gasteiger partial charge is 0.504 e. The fraction of sp³-hybridized carbons (Fsp3) is 0.200. The average molecular weight is 385 g/mol. The molecule has 140 valence electrons. The molecule has 27 heavy (non-hydrogen) atoms. The van der Waals surface area contributed by atoms with Gasteiger partial charge in [0.05, 0.1) is 18.1 Å². The summed E-state index contributed by atoms with van der Waals surface area (Å²) in [6.45, 7) is 2.63. The van der Waals surface area contributed by atoms with Crippen molar-refractivity contribution in [2.75, 3.05) is 19.8 Å². The highest BCUT2D eigenvalue weighted by atomic mass is 32.2. The molecule has 2 amide bonds. The van der Waals surface area contributed by atoms with Crippen molar-refractivity contribution in [2.24, 2.45) is 0 Å². The molecule has 6 nitrogen and oxygen atoms in total. The molecule has 0 bridgehead atoms. The quantitative estimate of drug-likeness (QED) is 0.729. The Bertz CT molecular complexity index is 866. The van der Waals surface area contributed by atoms with Gasteiger partial charge in [-0.2, -0.15) is 0 Å². The Morgan fingerprint density at radius 3 is 2.63 bits per heavy atom. The number of thioether (sulfide) groups is 1. The van der Waals surface area contributed by atoms with Gasteiger partial charge >= 0.3 is 0 Å². The number of benzene rings is 2. The molecule has 3 rings (SSSR count). The first-order chi connectivity index (χ1) is 13.1. The molecule has 1 N–H and O–H groups in total. The van der Waals surface area contributed by atoms with E-state index in [2.05, 4.69) is 0 Å². The predicted molar refractivity (Wildman–Crippen MR) is 104 cm³/mol. The lowest BCUT2D eigenvalue weighted by Gasteiger charge is -2.13. The lowest BCUT2D eigenvalue weighted by Crippen LogP contribution is -2.32. The van der Waals surface area contributed by atoms with Crippen LogP contribution < -0.4 is 9.47 Å². The minimum absolute atomic E-state index is 0.0279. The van der Waals surface area contributed by atoms with Gasteiger partial charge in [-0.25, -0.2) is 0 Å². The van der Waals surface area contributed by atoms with E-state index in [0.717, 1.165) is 11.8 Å². The number of nitrogens with zero attached hydrogens (tertiary/aromatic N) is 1. The molecule has 1 aliphatic rings. The molecule has 7 heteroatoms. The van der Waals surface area contributed by atoms with E-state index in [1.165, 1.54) is 11.0 Å². The first-order valence-corrected chi connectivity index (χ1v) is 9.29. The summed E-state index contributed by atoms with van der Waals surface area (Å²) >= 11 is 0.886. The SMILES string of the molecule is CCOc1cc(C=C2SC(=O)N(CCOc3ccccc3)C2=O)ccc1O. The Morgan fingerprint density at radius 1 is 1.11 bits per heavy atom. The van der Waals surface area contributed by atoms with Crippen molar-refractivity contribution < 1.29 is 24.2 Å². The number of phenolic OH excluding ortho intramolecular Hbond substituents is 1. The number of carbonyl (C=O) groups excluding carboxylic acids is 2. The van der Waals surface area contributed by atoms with Crippen LogP contribution in [0.15, 0.2) is 53.4 Å². The Morgan fingerprint density at radius 2 is 1.89 bits per heavy atom. The van der Waals surface area contributed by atoms with Crippen LogP contribution in [0.25, 0.3) is 6.08 Å². The number of ether oxygens (including phenoxy) is 2. The predicted octanol–water partition coefficient (Wildman–Crippen LogP) is 3.91. The number of amides is 2. The second kappa shape index (κ2) is 8.64. The molecule has 1 aliphatic heterocycles. The van der Waals surface area contributed by atoms with Crippen LogP contribution in [-0.2, 0) is 4.79 Å². The van der Waals surface area contributed by atoms with E-state index in [1.54, 1.807) is 18.2 Å². The average Bonchev–Trinajstić information content (AvgIpc) is 2.93. The molecule has 0 aliphatic carbocycles. The molecule has 0 unspecified atom stereocenters. The van der Waals surface area contributed by atoms with Crippen LogP contribution in [0.3, 0.4) is 0 Å². The van der Waals surface area contributed by atoms with Crippen molar-refractivity contribution in [1.29, 1.82) is 0 Å². The van der Waals surface area contributed by atoms with E-state index in [9.17, 15) is 14.7 Å². The summed E-state index contributed by atoms with van der Waals surface area (Å²) in [5.41, 5.74) is 0.669. The van der Waals surface area contributed by atoms with Gasteiger partial charge in [0.2, 0.25) is 0 Å². The van der Waals surface area contributed by atoms with Gasteiger partial charge in [-0.1, -0.05) is 24.3 Å². The van der Waals surface area contributed by atoms with E-state index >= 15 is 0 Å². The zero-order valence-corrected chi connectivity index (χ0v) is 15.6. The number of carbonyl (C=O) groups is 2. The molecule has 1 heterocycles. The third kappa shape index (κ3) is 4.62. The van der Waals surface area contributed by atoms with Gasteiger partial charge < -0.3 is 14.6 Å². The minimum Gasteiger partial charge on any atom is -0.504 e. The van der Waals surface area contributed by atoms with E-state index in [4.69, 9.17) is 9.47 Å². The summed E-state index contributed by atoms with van der Waals surface area (Å²) in [4.78, 5) is 26.2. The van der Waals surface area contributed by atoms with E-state index in [1.807, 2.05) is 37.3 Å². The maximum atomic E-state index is 12.5. The first kappa shape index (κ1) is 18.8. The third-order valence-corrected chi connectivity index (χ3v) is 4.69. The van der Waals surface area contributed by atoms with Crippen LogP contribution >= 0.6 is 11.8 Å². The second-order valence-electron chi connectivity index (χ2n) is 5.66. The molecular formula is C20H19NO5S. The van der Waals surface area contributed by atoms with Gasteiger partial charge in [0, 0.05) is 0 Å². The fourth-order valence-corrected chi connectivity index (χ4v) is 3.37. The maximum absolute atomic E-state index is 12.5. The number of phenols is 1. The normalized spacial score (nSPS) is 15.4. The van der Waals surface area contributed by atoms with Crippen molar-refractivity contribution in [2.45, 2.75) is 6.92 Å². The number of hydrogen-bond donors (Lipinski definition) is 1. The van der Waals surface area contributed by atoms with Crippen LogP contribution in [0.4, 0.5) is 4.79 Å². The first-order valence-electron chi connectivity index (χ1n) is 8.47. The molecule has 0 spiro atoms. The topological polar surface area (TPSA) is 76.1 Å². The van der Waals surface area contributed by atoms with Gasteiger partial charge in [0.15, 0.2) is 11.5 Å². The van der Waals surface area contributed by atoms with Crippen LogP contribution in [0.2, 0.25) is 0 Å². The fourth-order valence-electron chi connectivity index (χ4n) is 2.51.